The molecular weight excluding hydrogens is 298 g/mol. The molecule has 0 saturated carbocycles. The zero-order valence-electron chi connectivity index (χ0n) is 13.3. The summed E-state index contributed by atoms with van der Waals surface area (Å²) in [6, 6.07) is 22.5. The van der Waals surface area contributed by atoms with Crippen LogP contribution in [0.3, 0.4) is 0 Å². The van der Waals surface area contributed by atoms with Crippen molar-refractivity contribution in [1.82, 2.24) is 14.8 Å². The van der Waals surface area contributed by atoms with Gasteiger partial charge in [-0.3, -0.25) is 0 Å². The molecule has 0 aliphatic heterocycles. The molecule has 2 heterocycles. The topological polar surface area (TPSA) is 43.9 Å². The van der Waals surface area contributed by atoms with Crippen molar-refractivity contribution < 1.29 is 4.42 Å². The van der Waals surface area contributed by atoms with Crippen LogP contribution < -0.4 is 0 Å². The molecule has 4 nitrogen and oxygen atoms in total. The van der Waals surface area contributed by atoms with E-state index in [1.165, 1.54) is 5.56 Å². The van der Waals surface area contributed by atoms with Gasteiger partial charge in [0.05, 0.1) is 0 Å². The largest absolute Gasteiger partial charge is 0.459 e. The van der Waals surface area contributed by atoms with Crippen LogP contribution in [0.2, 0.25) is 0 Å². The van der Waals surface area contributed by atoms with Gasteiger partial charge in [0.15, 0.2) is 0 Å². The molecule has 0 aliphatic carbocycles. The van der Waals surface area contributed by atoms with Crippen LogP contribution in [0.5, 0.6) is 0 Å². The molecule has 0 amide bonds. The van der Waals surface area contributed by atoms with E-state index in [2.05, 4.69) is 41.4 Å². The predicted octanol–water partition coefficient (Wildman–Crippen LogP) is 4.48. The lowest BCUT2D eigenvalue weighted by Crippen LogP contribution is -2.09. The molecular formula is C20H17N3O. The molecule has 4 heteroatoms. The Morgan fingerprint density at radius 1 is 0.833 bits per heavy atom. The smallest absolute Gasteiger partial charge is 0.134 e. The number of aryl methyl sites for hydroxylation is 1. The summed E-state index contributed by atoms with van der Waals surface area (Å²) in [6.45, 7) is 2.08. The summed E-state index contributed by atoms with van der Waals surface area (Å²) >= 11 is 0. The van der Waals surface area contributed by atoms with Crippen molar-refractivity contribution in [2.24, 2.45) is 0 Å². The van der Waals surface area contributed by atoms with E-state index in [1.807, 2.05) is 47.0 Å². The molecule has 4 rings (SSSR count). The summed E-state index contributed by atoms with van der Waals surface area (Å²) in [4.78, 5) is 0. The summed E-state index contributed by atoms with van der Waals surface area (Å²) in [5, 5.41) is 7.90. The Bertz CT molecular complexity index is 909. The fourth-order valence-electron chi connectivity index (χ4n) is 2.83. The fraction of sp³-hybridized carbons (Fsp3) is 0.100. The van der Waals surface area contributed by atoms with Gasteiger partial charge in [0.25, 0.3) is 0 Å². The molecule has 24 heavy (non-hydrogen) atoms. The SMILES string of the molecule is Cc1ccc(C(c2ccc(-c3ccccc3)o2)n2cnnc2)cc1. The molecule has 0 spiro atoms. The number of hydrogen-bond acceptors (Lipinski definition) is 3. The van der Waals surface area contributed by atoms with Crippen molar-refractivity contribution in [2.75, 3.05) is 0 Å². The van der Waals surface area contributed by atoms with Crippen molar-refractivity contribution in [1.29, 1.82) is 0 Å². The summed E-state index contributed by atoms with van der Waals surface area (Å²) in [7, 11) is 0. The number of furan rings is 1. The molecule has 1 atom stereocenters. The lowest BCUT2D eigenvalue weighted by molar-refractivity contribution is 0.469. The van der Waals surface area contributed by atoms with Crippen molar-refractivity contribution in [2.45, 2.75) is 13.0 Å². The van der Waals surface area contributed by atoms with Gasteiger partial charge in [-0.25, -0.2) is 0 Å². The lowest BCUT2D eigenvalue weighted by Gasteiger charge is -2.16. The van der Waals surface area contributed by atoms with E-state index in [-0.39, 0.29) is 6.04 Å². The fourth-order valence-corrected chi connectivity index (χ4v) is 2.83. The quantitative estimate of drug-likeness (QED) is 0.557. The average Bonchev–Trinajstić information content (AvgIpc) is 3.30. The highest BCUT2D eigenvalue weighted by Gasteiger charge is 2.20. The molecule has 1 unspecified atom stereocenters. The van der Waals surface area contributed by atoms with Crippen LogP contribution in [-0.2, 0) is 0 Å². The third-order valence-electron chi connectivity index (χ3n) is 4.08. The van der Waals surface area contributed by atoms with Crippen LogP contribution >= 0.6 is 0 Å². The summed E-state index contributed by atoms with van der Waals surface area (Å²) in [6.07, 6.45) is 3.43. The Morgan fingerprint density at radius 3 is 2.25 bits per heavy atom. The van der Waals surface area contributed by atoms with E-state index in [0.29, 0.717) is 0 Å². The molecule has 0 bridgehead atoms. The molecule has 0 aliphatic rings. The van der Waals surface area contributed by atoms with Crippen molar-refractivity contribution in [3.05, 3.63) is 96.3 Å². The van der Waals surface area contributed by atoms with E-state index >= 15 is 0 Å². The van der Waals surface area contributed by atoms with Crippen molar-refractivity contribution in [3.63, 3.8) is 0 Å². The van der Waals surface area contributed by atoms with Gasteiger partial charge < -0.3 is 8.98 Å². The Balaban J connectivity index is 1.77. The van der Waals surface area contributed by atoms with Crippen LogP contribution in [0, 0.1) is 6.92 Å². The number of rotatable bonds is 4. The second-order valence-corrected chi connectivity index (χ2v) is 5.79. The van der Waals surface area contributed by atoms with Crippen LogP contribution in [0.25, 0.3) is 11.3 Å². The van der Waals surface area contributed by atoms with Crippen LogP contribution in [0.15, 0.2) is 83.8 Å². The lowest BCUT2D eigenvalue weighted by atomic mass is 10.0. The minimum absolute atomic E-state index is 0.0851. The molecule has 0 radical (unpaired) electrons. The van der Waals surface area contributed by atoms with Gasteiger partial charge in [0.1, 0.15) is 30.2 Å². The van der Waals surface area contributed by atoms with E-state index in [4.69, 9.17) is 4.42 Å². The Kier molecular flexibility index (Phi) is 3.71. The third kappa shape index (κ3) is 2.74. The van der Waals surface area contributed by atoms with Gasteiger partial charge in [0.2, 0.25) is 0 Å². The van der Waals surface area contributed by atoms with Crippen molar-refractivity contribution >= 4 is 0 Å². The van der Waals surface area contributed by atoms with E-state index < -0.39 is 0 Å². The summed E-state index contributed by atoms with van der Waals surface area (Å²) in [5.41, 5.74) is 3.43. The summed E-state index contributed by atoms with van der Waals surface area (Å²) < 4.78 is 8.12. The Labute approximate surface area is 140 Å². The maximum atomic E-state index is 6.16. The first-order valence-corrected chi connectivity index (χ1v) is 7.87. The van der Waals surface area contributed by atoms with Crippen LogP contribution in [0.4, 0.5) is 0 Å². The molecule has 0 saturated heterocycles. The zero-order chi connectivity index (χ0) is 16.4. The minimum Gasteiger partial charge on any atom is -0.459 e. The summed E-state index contributed by atoms with van der Waals surface area (Å²) in [5.74, 6) is 1.72. The maximum absolute atomic E-state index is 6.16. The third-order valence-corrected chi connectivity index (χ3v) is 4.08. The standard InChI is InChI=1S/C20H17N3O/c1-15-7-9-17(10-8-15)20(23-13-21-22-14-23)19-12-11-18(24-19)16-5-3-2-4-6-16/h2-14,20H,1H3. The molecule has 4 aromatic rings. The van der Waals surface area contributed by atoms with Gasteiger partial charge in [0, 0.05) is 5.56 Å². The predicted molar refractivity (Wildman–Crippen MR) is 92.6 cm³/mol. The molecule has 2 aromatic heterocycles. The van der Waals surface area contributed by atoms with Crippen LogP contribution in [0.1, 0.15) is 22.9 Å². The first-order valence-electron chi connectivity index (χ1n) is 7.87. The highest BCUT2D eigenvalue weighted by molar-refractivity contribution is 5.57. The van der Waals surface area contributed by atoms with E-state index in [9.17, 15) is 0 Å². The molecule has 0 N–H and O–H groups in total. The van der Waals surface area contributed by atoms with E-state index in [1.54, 1.807) is 12.7 Å². The van der Waals surface area contributed by atoms with Gasteiger partial charge in [-0.15, -0.1) is 10.2 Å². The number of benzene rings is 2. The van der Waals surface area contributed by atoms with Gasteiger partial charge in [-0.1, -0.05) is 60.2 Å². The van der Waals surface area contributed by atoms with Gasteiger partial charge >= 0.3 is 0 Å². The molecule has 2 aromatic carbocycles. The number of aromatic nitrogens is 3. The molecule has 0 fully saturated rings. The van der Waals surface area contributed by atoms with Crippen molar-refractivity contribution in [3.8, 4) is 11.3 Å². The second kappa shape index (κ2) is 6.16. The second-order valence-electron chi connectivity index (χ2n) is 5.79. The first-order chi connectivity index (χ1) is 11.8. The number of nitrogens with zero attached hydrogens (tertiary/aromatic N) is 3. The van der Waals surface area contributed by atoms with E-state index in [0.717, 1.165) is 22.6 Å². The maximum Gasteiger partial charge on any atom is 0.134 e. The zero-order valence-corrected chi connectivity index (χ0v) is 13.3. The molecule has 118 valence electrons. The monoisotopic (exact) mass is 315 g/mol. The van der Waals surface area contributed by atoms with Gasteiger partial charge in [-0.05, 0) is 24.6 Å². The number of hydrogen-bond donors (Lipinski definition) is 0. The Morgan fingerprint density at radius 2 is 1.54 bits per heavy atom. The minimum atomic E-state index is -0.0851. The first kappa shape index (κ1) is 14.5. The highest BCUT2D eigenvalue weighted by Crippen LogP contribution is 2.31. The average molecular weight is 315 g/mol. The normalized spacial score (nSPS) is 12.2. The van der Waals surface area contributed by atoms with Crippen LogP contribution in [-0.4, -0.2) is 14.8 Å². The highest BCUT2D eigenvalue weighted by atomic mass is 16.3. The van der Waals surface area contributed by atoms with Gasteiger partial charge in [-0.2, -0.15) is 0 Å². The Hall–Kier alpha value is -3.14.